The monoisotopic (exact) mass is 219 g/mol. The molecule has 0 fully saturated rings. The van der Waals surface area contributed by atoms with Gasteiger partial charge in [-0.1, -0.05) is 63.3 Å². The summed E-state index contributed by atoms with van der Waals surface area (Å²) in [5.74, 6) is 0. The summed E-state index contributed by atoms with van der Waals surface area (Å²) in [6, 6.07) is 8.69. The molecule has 0 saturated heterocycles. The quantitative estimate of drug-likeness (QED) is 0.678. The maximum absolute atomic E-state index is 6.21. The Kier molecular flexibility index (Phi) is 6.17. The normalized spacial score (nSPS) is 12.7. The first-order valence-corrected chi connectivity index (χ1v) is 6.56. The molecule has 0 bridgehead atoms. The van der Waals surface area contributed by atoms with Gasteiger partial charge in [-0.3, -0.25) is 0 Å². The van der Waals surface area contributed by atoms with Crippen LogP contribution in [0.4, 0.5) is 0 Å². The van der Waals surface area contributed by atoms with E-state index >= 15 is 0 Å². The summed E-state index contributed by atoms with van der Waals surface area (Å²) in [6.07, 6.45) is 7.73. The average Bonchev–Trinajstić information content (AvgIpc) is 2.29. The molecule has 0 aliphatic heterocycles. The summed E-state index contributed by atoms with van der Waals surface area (Å²) >= 11 is 0. The van der Waals surface area contributed by atoms with Crippen molar-refractivity contribution in [3.05, 3.63) is 35.4 Å². The molecule has 1 rings (SSSR count). The van der Waals surface area contributed by atoms with Gasteiger partial charge in [0.05, 0.1) is 0 Å². The van der Waals surface area contributed by atoms with Crippen molar-refractivity contribution in [1.29, 1.82) is 0 Å². The first kappa shape index (κ1) is 13.2. The Morgan fingerprint density at radius 2 is 1.75 bits per heavy atom. The van der Waals surface area contributed by atoms with Crippen LogP contribution in [-0.4, -0.2) is 0 Å². The maximum atomic E-state index is 6.21. The molecule has 0 aliphatic carbocycles. The predicted octanol–water partition coefficient (Wildman–Crippen LogP) is 4.36. The third-order valence-electron chi connectivity index (χ3n) is 3.21. The molecule has 1 heteroatoms. The van der Waals surface area contributed by atoms with E-state index in [9.17, 15) is 0 Å². The van der Waals surface area contributed by atoms with Gasteiger partial charge in [0.15, 0.2) is 0 Å². The number of hydrogen-bond acceptors (Lipinski definition) is 1. The molecule has 1 unspecified atom stereocenters. The Balaban J connectivity index is 2.30. The first-order valence-electron chi connectivity index (χ1n) is 6.56. The fourth-order valence-electron chi connectivity index (χ4n) is 2.13. The predicted molar refractivity (Wildman–Crippen MR) is 71.5 cm³/mol. The van der Waals surface area contributed by atoms with Crippen LogP contribution in [0.3, 0.4) is 0 Å². The van der Waals surface area contributed by atoms with Crippen LogP contribution in [0, 0.1) is 6.92 Å². The van der Waals surface area contributed by atoms with Gasteiger partial charge in [0.25, 0.3) is 0 Å². The third kappa shape index (κ3) is 4.36. The number of rotatable bonds is 7. The van der Waals surface area contributed by atoms with Gasteiger partial charge in [0.1, 0.15) is 0 Å². The van der Waals surface area contributed by atoms with E-state index in [1.807, 2.05) is 0 Å². The van der Waals surface area contributed by atoms with E-state index in [1.165, 1.54) is 43.2 Å². The Morgan fingerprint density at radius 1 is 1.06 bits per heavy atom. The number of aryl methyl sites for hydroxylation is 1. The van der Waals surface area contributed by atoms with Gasteiger partial charge < -0.3 is 5.73 Å². The van der Waals surface area contributed by atoms with E-state index in [1.54, 1.807) is 0 Å². The van der Waals surface area contributed by atoms with Crippen molar-refractivity contribution >= 4 is 0 Å². The molecule has 0 amide bonds. The molecule has 0 saturated carbocycles. The van der Waals surface area contributed by atoms with E-state index in [-0.39, 0.29) is 6.04 Å². The molecule has 2 N–H and O–H groups in total. The summed E-state index contributed by atoms with van der Waals surface area (Å²) in [6.45, 7) is 4.39. The Labute approximate surface area is 100 Å². The van der Waals surface area contributed by atoms with Crippen LogP contribution >= 0.6 is 0 Å². The minimum absolute atomic E-state index is 0.225. The second-order valence-electron chi connectivity index (χ2n) is 4.67. The largest absolute Gasteiger partial charge is 0.324 e. The third-order valence-corrected chi connectivity index (χ3v) is 3.21. The standard InChI is InChI=1S/C15H25N/c1-3-4-5-6-7-12-15(16)14-11-9-8-10-13(14)2/h8-11,15H,3-7,12,16H2,1-2H3. The SMILES string of the molecule is CCCCCCCC(N)c1ccccc1C. The second kappa shape index (κ2) is 7.45. The Hall–Kier alpha value is -0.820. The van der Waals surface area contributed by atoms with Crippen LogP contribution in [-0.2, 0) is 0 Å². The highest BCUT2D eigenvalue weighted by molar-refractivity contribution is 5.28. The van der Waals surface area contributed by atoms with Gasteiger partial charge in [-0.25, -0.2) is 0 Å². The van der Waals surface area contributed by atoms with E-state index < -0.39 is 0 Å². The highest BCUT2D eigenvalue weighted by Gasteiger charge is 2.07. The molecule has 1 aromatic carbocycles. The van der Waals surface area contributed by atoms with Gasteiger partial charge in [0.2, 0.25) is 0 Å². The minimum atomic E-state index is 0.225. The van der Waals surface area contributed by atoms with Crippen molar-refractivity contribution in [1.82, 2.24) is 0 Å². The zero-order valence-corrected chi connectivity index (χ0v) is 10.7. The van der Waals surface area contributed by atoms with Gasteiger partial charge in [-0.05, 0) is 24.5 Å². The first-order chi connectivity index (χ1) is 7.75. The average molecular weight is 219 g/mol. The lowest BCUT2D eigenvalue weighted by molar-refractivity contribution is 0.554. The maximum Gasteiger partial charge on any atom is 0.0297 e. The number of hydrogen-bond donors (Lipinski definition) is 1. The molecule has 1 nitrogen and oxygen atoms in total. The fraction of sp³-hybridized carbons (Fsp3) is 0.600. The van der Waals surface area contributed by atoms with Crippen LogP contribution in [0.2, 0.25) is 0 Å². The van der Waals surface area contributed by atoms with Gasteiger partial charge in [-0.2, -0.15) is 0 Å². The van der Waals surface area contributed by atoms with Crippen molar-refractivity contribution in [3.63, 3.8) is 0 Å². The molecular formula is C15H25N. The number of unbranched alkanes of at least 4 members (excludes halogenated alkanes) is 4. The minimum Gasteiger partial charge on any atom is -0.324 e. The Bertz CT molecular complexity index is 293. The van der Waals surface area contributed by atoms with Gasteiger partial charge in [0, 0.05) is 6.04 Å². The van der Waals surface area contributed by atoms with Crippen LogP contribution in [0.25, 0.3) is 0 Å². The highest BCUT2D eigenvalue weighted by atomic mass is 14.6. The van der Waals surface area contributed by atoms with Crippen molar-refractivity contribution in [2.45, 2.75) is 58.4 Å². The molecular weight excluding hydrogens is 194 g/mol. The molecule has 0 aromatic heterocycles. The van der Waals surface area contributed by atoms with Crippen LogP contribution in [0.1, 0.15) is 62.6 Å². The molecule has 0 heterocycles. The van der Waals surface area contributed by atoms with E-state index in [4.69, 9.17) is 5.73 Å². The Morgan fingerprint density at radius 3 is 2.44 bits per heavy atom. The van der Waals surface area contributed by atoms with Crippen molar-refractivity contribution in [2.24, 2.45) is 5.73 Å². The molecule has 1 atom stereocenters. The van der Waals surface area contributed by atoms with Crippen molar-refractivity contribution in [3.8, 4) is 0 Å². The van der Waals surface area contributed by atoms with Crippen molar-refractivity contribution < 1.29 is 0 Å². The zero-order valence-electron chi connectivity index (χ0n) is 10.7. The van der Waals surface area contributed by atoms with Crippen LogP contribution in [0.5, 0.6) is 0 Å². The summed E-state index contributed by atoms with van der Waals surface area (Å²) in [5.41, 5.74) is 8.85. The molecule has 90 valence electrons. The molecule has 0 spiro atoms. The molecule has 16 heavy (non-hydrogen) atoms. The number of benzene rings is 1. The van der Waals surface area contributed by atoms with Gasteiger partial charge >= 0.3 is 0 Å². The lowest BCUT2D eigenvalue weighted by Crippen LogP contribution is -2.11. The van der Waals surface area contributed by atoms with Crippen LogP contribution < -0.4 is 5.73 Å². The topological polar surface area (TPSA) is 26.0 Å². The smallest absolute Gasteiger partial charge is 0.0297 e. The van der Waals surface area contributed by atoms with Gasteiger partial charge in [-0.15, -0.1) is 0 Å². The zero-order chi connectivity index (χ0) is 11.8. The fourth-order valence-corrected chi connectivity index (χ4v) is 2.13. The summed E-state index contributed by atoms with van der Waals surface area (Å²) < 4.78 is 0. The highest BCUT2D eigenvalue weighted by Crippen LogP contribution is 2.20. The number of nitrogens with two attached hydrogens (primary N) is 1. The summed E-state index contributed by atoms with van der Waals surface area (Å²) in [5, 5.41) is 0. The van der Waals surface area contributed by atoms with E-state index in [0.29, 0.717) is 0 Å². The van der Waals surface area contributed by atoms with E-state index in [2.05, 4.69) is 38.1 Å². The van der Waals surface area contributed by atoms with E-state index in [0.717, 1.165) is 6.42 Å². The second-order valence-corrected chi connectivity index (χ2v) is 4.67. The molecule has 1 aromatic rings. The summed E-state index contributed by atoms with van der Waals surface area (Å²) in [7, 11) is 0. The lowest BCUT2D eigenvalue weighted by Gasteiger charge is -2.14. The van der Waals surface area contributed by atoms with Crippen LogP contribution in [0.15, 0.2) is 24.3 Å². The molecule has 0 radical (unpaired) electrons. The van der Waals surface area contributed by atoms with Crippen molar-refractivity contribution in [2.75, 3.05) is 0 Å². The lowest BCUT2D eigenvalue weighted by atomic mass is 9.97. The molecule has 0 aliphatic rings. The summed E-state index contributed by atoms with van der Waals surface area (Å²) in [4.78, 5) is 0.